The van der Waals surface area contributed by atoms with Gasteiger partial charge in [-0.2, -0.15) is 0 Å². The van der Waals surface area contributed by atoms with Crippen molar-refractivity contribution in [1.29, 1.82) is 0 Å². The molecule has 41 heavy (non-hydrogen) atoms. The molecule has 0 fully saturated rings. The number of nitrogens with zero attached hydrogens (tertiary/aromatic N) is 1. The highest BCUT2D eigenvalue weighted by molar-refractivity contribution is 7.92. The van der Waals surface area contributed by atoms with Gasteiger partial charge in [-0.05, 0) is 79.6 Å². The molecule has 0 aliphatic heterocycles. The third-order valence-corrected chi connectivity index (χ3v) is 9.51. The van der Waals surface area contributed by atoms with Gasteiger partial charge in [0.05, 0.1) is 39.1 Å². The first kappa shape index (κ1) is 30.4. The lowest BCUT2D eigenvalue weighted by Gasteiger charge is -2.24. The van der Waals surface area contributed by atoms with Gasteiger partial charge in [-0.25, -0.2) is 16.8 Å². The number of hydrogen-bond acceptors (Lipinski definition) is 5. The summed E-state index contributed by atoms with van der Waals surface area (Å²) in [5, 5.41) is 3.08. The van der Waals surface area contributed by atoms with Crippen molar-refractivity contribution in [2.45, 2.75) is 25.3 Å². The molecule has 0 aliphatic rings. The molecule has 0 saturated carbocycles. The maximum Gasteiger partial charge on any atom is 0.261 e. The van der Waals surface area contributed by atoms with Crippen LogP contribution >= 0.6 is 23.2 Å². The largest absolute Gasteiger partial charge is 0.322 e. The number of aryl methyl sites for hydroxylation is 2. The van der Waals surface area contributed by atoms with E-state index >= 15 is 0 Å². The molecule has 0 aromatic heterocycles. The molecule has 4 aromatic carbocycles. The Bertz CT molecular complexity index is 1810. The number of amides is 1. The lowest BCUT2D eigenvalue weighted by Crippen LogP contribution is -2.29. The number of halogens is 2. The van der Waals surface area contributed by atoms with Crippen molar-refractivity contribution in [2.24, 2.45) is 0 Å². The van der Waals surface area contributed by atoms with E-state index in [2.05, 4.69) is 10.0 Å². The molecule has 4 rings (SSSR count). The molecule has 0 atom stereocenters. The van der Waals surface area contributed by atoms with E-state index in [1.54, 1.807) is 48.5 Å². The molecular weight excluding hydrogens is 605 g/mol. The lowest BCUT2D eigenvalue weighted by molar-refractivity contribution is 0.102. The Balaban J connectivity index is 1.44. The van der Waals surface area contributed by atoms with E-state index in [9.17, 15) is 21.6 Å². The zero-order valence-corrected chi connectivity index (χ0v) is 25.5. The average Bonchev–Trinajstić information content (AvgIpc) is 2.91. The minimum Gasteiger partial charge on any atom is -0.322 e. The molecule has 0 radical (unpaired) electrons. The Labute approximate surface area is 250 Å². The fourth-order valence-corrected chi connectivity index (χ4v) is 6.52. The number of sulfonamides is 2. The van der Waals surface area contributed by atoms with E-state index in [0.29, 0.717) is 22.5 Å². The first-order valence-corrected chi connectivity index (χ1v) is 16.4. The van der Waals surface area contributed by atoms with Gasteiger partial charge < -0.3 is 5.32 Å². The molecule has 214 valence electrons. The van der Waals surface area contributed by atoms with Crippen molar-refractivity contribution >= 4 is 66.2 Å². The summed E-state index contributed by atoms with van der Waals surface area (Å²) < 4.78 is 54.4. The molecule has 4 aromatic rings. The zero-order chi connectivity index (χ0) is 29.9. The van der Waals surface area contributed by atoms with Crippen LogP contribution in [0, 0.1) is 13.8 Å². The second-order valence-electron chi connectivity index (χ2n) is 9.44. The highest BCUT2D eigenvalue weighted by atomic mass is 35.5. The molecule has 0 saturated heterocycles. The van der Waals surface area contributed by atoms with Crippen molar-refractivity contribution in [3.63, 3.8) is 0 Å². The van der Waals surface area contributed by atoms with Crippen molar-refractivity contribution in [3.8, 4) is 0 Å². The van der Waals surface area contributed by atoms with Gasteiger partial charge in [0, 0.05) is 11.3 Å². The first-order valence-electron chi connectivity index (χ1n) is 12.3. The molecule has 1 amide bonds. The first-order chi connectivity index (χ1) is 19.2. The fourth-order valence-electron chi connectivity index (χ4n) is 4.05. The lowest BCUT2D eigenvalue weighted by atomic mass is 10.1. The second-order valence-corrected chi connectivity index (χ2v) is 13.8. The number of nitrogens with one attached hydrogen (secondary N) is 2. The van der Waals surface area contributed by atoms with Crippen LogP contribution in [0.15, 0.2) is 89.8 Å². The minimum atomic E-state index is -3.82. The summed E-state index contributed by atoms with van der Waals surface area (Å²) in [6.45, 7) is 3.73. The van der Waals surface area contributed by atoms with E-state index in [-0.39, 0.29) is 27.2 Å². The summed E-state index contributed by atoms with van der Waals surface area (Å²) in [7, 11) is -7.52. The van der Waals surface area contributed by atoms with Gasteiger partial charge >= 0.3 is 0 Å². The Morgan fingerprint density at radius 2 is 1.51 bits per heavy atom. The fraction of sp³-hybridized carbons (Fsp3) is 0.138. The zero-order valence-electron chi connectivity index (χ0n) is 22.4. The summed E-state index contributed by atoms with van der Waals surface area (Å²) in [5.74, 6) is -0.418. The number of carbonyl (C=O) groups excluding carboxylic acids is 1. The smallest absolute Gasteiger partial charge is 0.261 e. The van der Waals surface area contributed by atoms with Gasteiger partial charge in [-0.15, -0.1) is 0 Å². The molecule has 0 heterocycles. The summed E-state index contributed by atoms with van der Waals surface area (Å²) in [6, 6.07) is 22.4. The normalized spacial score (nSPS) is 11.6. The second kappa shape index (κ2) is 12.1. The van der Waals surface area contributed by atoms with E-state index < -0.39 is 26.0 Å². The quantitative estimate of drug-likeness (QED) is 0.215. The van der Waals surface area contributed by atoms with Crippen molar-refractivity contribution < 1.29 is 21.6 Å². The predicted molar refractivity (Wildman–Crippen MR) is 165 cm³/mol. The number of hydrogen-bond donors (Lipinski definition) is 2. The Morgan fingerprint density at radius 1 is 0.854 bits per heavy atom. The van der Waals surface area contributed by atoms with Crippen LogP contribution < -0.4 is 14.3 Å². The van der Waals surface area contributed by atoms with Gasteiger partial charge in [0.2, 0.25) is 10.0 Å². The van der Waals surface area contributed by atoms with Crippen LogP contribution in [-0.2, 0) is 26.6 Å². The van der Waals surface area contributed by atoms with E-state index in [1.165, 1.54) is 24.3 Å². The number of rotatable bonds is 9. The van der Waals surface area contributed by atoms with Crippen LogP contribution in [0.2, 0.25) is 10.0 Å². The van der Waals surface area contributed by atoms with Gasteiger partial charge in [0.15, 0.2) is 0 Å². The Hall–Kier alpha value is -3.57. The SMILES string of the molecule is Cc1ccc(NS(=O)(=O)c2ccc(NC(=O)c3ccc(CN(c4cccc(Cl)c4Cl)S(C)(=O)=O)cc3)cc2)c(C)c1. The van der Waals surface area contributed by atoms with Crippen LogP contribution in [0.25, 0.3) is 0 Å². The molecule has 0 bridgehead atoms. The maximum absolute atomic E-state index is 12.8. The molecule has 2 N–H and O–H groups in total. The summed E-state index contributed by atoms with van der Waals surface area (Å²) in [6.07, 6.45) is 1.07. The highest BCUT2D eigenvalue weighted by Crippen LogP contribution is 2.34. The van der Waals surface area contributed by atoms with Gasteiger partial charge in [-0.1, -0.05) is 59.1 Å². The number of benzene rings is 4. The van der Waals surface area contributed by atoms with E-state index in [0.717, 1.165) is 21.7 Å². The molecule has 0 spiro atoms. The van der Waals surface area contributed by atoms with Gasteiger partial charge in [0.1, 0.15) is 0 Å². The molecule has 8 nitrogen and oxygen atoms in total. The van der Waals surface area contributed by atoms with Gasteiger partial charge in [-0.3, -0.25) is 13.8 Å². The Morgan fingerprint density at radius 3 is 2.12 bits per heavy atom. The van der Waals surface area contributed by atoms with Crippen LogP contribution in [0.1, 0.15) is 27.0 Å². The number of carbonyl (C=O) groups is 1. The third-order valence-electron chi connectivity index (χ3n) is 6.19. The molecule has 0 unspecified atom stereocenters. The van der Waals surface area contributed by atoms with Crippen molar-refractivity contribution in [1.82, 2.24) is 0 Å². The molecular formula is C29H27Cl2N3O5S2. The van der Waals surface area contributed by atoms with Crippen LogP contribution in [0.5, 0.6) is 0 Å². The van der Waals surface area contributed by atoms with Crippen LogP contribution in [0.4, 0.5) is 17.1 Å². The van der Waals surface area contributed by atoms with Crippen LogP contribution in [0.3, 0.4) is 0 Å². The summed E-state index contributed by atoms with van der Waals surface area (Å²) >= 11 is 12.3. The maximum atomic E-state index is 12.8. The van der Waals surface area contributed by atoms with Crippen LogP contribution in [-0.4, -0.2) is 29.0 Å². The highest BCUT2D eigenvalue weighted by Gasteiger charge is 2.22. The predicted octanol–water partition coefficient (Wildman–Crippen LogP) is 6.63. The average molecular weight is 633 g/mol. The standard InChI is InChI=1S/C29H27Cl2N3O5S2/c1-19-7-16-26(20(2)17-19)33-41(38,39)24-14-12-23(13-15-24)32-29(35)22-10-8-21(9-11-22)18-34(40(3,36)37)27-6-4-5-25(30)28(27)31/h4-17,33H,18H2,1-3H3,(H,32,35). The van der Waals surface area contributed by atoms with E-state index in [1.807, 2.05) is 26.0 Å². The van der Waals surface area contributed by atoms with Crippen molar-refractivity contribution in [2.75, 3.05) is 20.6 Å². The number of anilines is 3. The third kappa shape index (κ3) is 7.39. The van der Waals surface area contributed by atoms with Crippen molar-refractivity contribution in [3.05, 3.63) is 117 Å². The molecule has 12 heteroatoms. The summed E-state index contributed by atoms with van der Waals surface area (Å²) in [5.41, 5.74) is 3.93. The summed E-state index contributed by atoms with van der Waals surface area (Å²) in [4.78, 5) is 12.9. The van der Waals surface area contributed by atoms with E-state index in [4.69, 9.17) is 23.2 Å². The van der Waals surface area contributed by atoms with Gasteiger partial charge in [0.25, 0.3) is 15.9 Å². The monoisotopic (exact) mass is 631 g/mol. The minimum absolute atomic E-state index is 0.0210. The topological polar surface area (TPSA) is 113 Å². The molecule has 0 aliphatic carbocycles. The Kier molecular flexibility index (Phi) is 8.98.